The first kappa shape index (κ1) is 18.9. The van der Waals surface area contributed by atoms with E-state index in [1.165, 1.54) is 12.8 Å². The maximum Gasteiger partial charge on any atom is 0.213 e. The Balaban J connectivity index is 2.48. The van der Waals surface area contributed by atoms with Crippen LogP contribution >= 0.6 is 0 Å². The zero-order chi connectivity index (χ0) is 16.0. The number of sulfonamides is 1. The molecule has 0 aromatic carbocycles. The lowest BCUT2D eigenvalue weighted by Gasteiger charge is -2.34. The highest BCUT2D eigenvalue weighted by Gasteiger charge is 2.27. The quantitative estimate of drug-likeness (QED) is 0.748. The molecule has 1 aliphatic rings. The summed E-state index contributed by atoms with van der Waals surface area (Å²) >= 11 is 0. The van der Waals surface area contributed by atoms with Crippen LogP contribution in [0.25, 0.3) is 0 Å². The molecule has 0 spiro atoms. The fourth-order valence-corrected chi connectivity index (χ4v) is 4.32. The first-order valence-electron chi connectivity index (χ1n) is 8.48. The van der Waals surface area contributed by atoms with Crippen LogP contribution in [0.2, 0.25) is 0 Å². The maximum absolute atomic E-state index is 11.9. The van der Waals surface area contributed by atoms with Crippen molar-refractivity contribution in [3.63, 3.8) is 0 Å². The Hall–Kier alpha value is -0.130. The molecular weight excluding hydrogens is 284 g/mol. The van der Waals surface area contributed by atoms with Crippen LogP contribution in [-0.2, 0) is 10.0 Å². The summed E-state index contributed by atoms with van der Waals surface area (Å²) in [6.07, 6.45) is 4.27. The molecular formula is C16H34N2O2S. The van der Waals surface area contributed by atoms with Gasteiger partial charge in [0.2, 0.25) is 10.0 Å². The molecule has 126 valence electrons. The van der Waals surface area contributed by atoms with Gasteiger partial charge in [-0.1, -0.05) is 27.7 Å². The van der Waals surface area contributed by atoms with Gasteiger partial charge in [0.25, 0.3) is 0 Å². The van der Waals surface area contributed by atoms with Gasteiger partial charge in [0.05, 0.1) is 5.75 Å². The van der Waals surface area contributed by atoms with Crippen LogP contribution in [0.4, 0.5) is 0 Å². The van der Waals surface area contributed by atoms with Crippen molar-refractivity contribution < 1.29 is 8.42 Å². The molecule has 1 fully saturated rings. The van der Waals surface area contributed by atoms with Crippen LogP contribution in [0, 0.1) is 11.8 Å². The van der Waals surface area contributed by atoms with Gasteiger partial charge in [-0.05, 0) is 44.4 Å². The Bertz CT molecular complexity index is 375. The molecule has 0 unspecified atom stereocenters. The highest BCUT2D eigenvalue weighted by Crippen LogP contribution is 2.19. The first-order chi connectivity index (χ1) is 9.74. The van der Waals surface area contributed by atoms with Crippen LogP contribution in [0.3, 0.4) is 0 Å². The number of rotatable bonds is 8. The van der Waals surface area contributed by atoms with E-state index in [-0.39, 0.29) is 5.75 Å². The first-order valence-corrected chi connectivity index (χ1v) is 10.1. The molecule has 0 saturated carbocycles. The summed E-state index contributed by atoms with van der Waals surface area (Å²) in [6, 6.07) is 1.03. The Morgan fingerprint density at radius 2 is 1.52 bits per heavy atom. The van der Waals surface area contributed by atoms with Crippen molar-refractivity contribution in [1.82, 2.24) is 9.62 Å². The molecule has 0 radical (unpaired) electrons. The van der Waals surface area contributed by atoms with Crippen molar-refractivity contribution in [2.45, 2.75) is 72.4 Å². The second kappa shape index (κ2) is 8.49. The van der Waals surface area contributed by atoms with Gasteiger partial charge in [-0.3, -0.25) is 0 Å². The summed E-state index contributed by atoms with van der Waals surface area (Å²) in [5, 5.41) is 3.79. The van der Waals surface area contributed by atoms with E-state index in [1.807, 2.05) is 0 Å². The third kappa shape index (κ3) is 6.66. The van der Waals surface area contributed by atoms with Crippen molar-refractivity contribution >= 4 is 10.0 Å². The van der Waals surface area contributed by atoms with E-state index >= 15 is 0 Å². The smallest absolute Gasteiger partial charge is 0.213 e. The van der Waals surface area contributed by atoms with Crippen molar-refractivity contribution in [3.8, 4) is 0 Å². The van der Waals surface area contributed by atoms with Crippen molar-refractivity contribution in [3.05, 3.63) is 0 Å². The highest BCUT2D eigenvalue weighted by molar-refractivity contribution is 7.89. The molecule has 21 heavy (non-hydrogen) atoms. The van der Waals surface area contributed by atoms with E-state index in [1.54, 1.807) is 11.2 Å². The van der Waals surface area contributed by atoms with E-state index in [4.69, 9.17) is 0 Å². The minimum Gasteiger partial charge on any atom is -0.311 e. The number of piperidine rings is 1. The van der Waals surface area contributed by atoms with E-state index in [9.17, 15) is 8.42 Å². The van der Waals surface area contributed by atoms with Crippen molar-refractivity contribution in [2.24, 2.45) is 11.8 Å². The van der Waals surface area contributed by atoms with Crippen LogP contribution < -0.4 is 5.32 Å². The van der Waals surface area contributed by atoms with Crippen molar-refractivity contribution in [1.29, 1.82) is 0 Å². The zero-order valence-corrected chi connectivity index (χ0v) is 15.2. The minimum atomic E-state index is -3.01. The van der Waals surface area contributed by atoms with Gasteiger partial charge in [-0.25, -0.2) is 12.7 Å². The highest BCUT2D eigenvalue weighted by atomic mass is 32.2. The summed E-state index contributed by atoms with van der Waals surface area (Å²) in [5.41, 5.74) is 0. The Labute approximate surface area is 131 Å². The SMILES string of the molecule is CCS(=O)(=O)N1CCC(NC(CC(C)C)CC(C)C)CC1. The summed E-state index contributed by atoms with van der Waals surface area (Å²) < 4.78 is 25.4. The molecule has 1 rings (SSSR count). The number of hydrogen-bond donors (Lipinski definition) is 1. The average molecular weight is 319 g/mol. The summed E-state index contributed by atoms with van der Waals surface area (Å²) in [6.45, 7) is 12.1. The number of nitrogens with zero attached hydrogens (tertiary/aromatic N) is 1. The summed E-state index contributed by atoms with van der Waals surface area (Å²) in [7, 11) is -3.01. The topological polar surface area (TPSA) is 49.4 Å². The van der Waals surface area contributed by atoms with Crippen molar-refractivity contribution in [2.75, 3.05) is 18.8 Å². The molecule has 0 aromatic heterocycles. The van der Waals surface area contributed by atoms with Crippen LogP contribution in [0.15, 0.2) is 0 Å². The Morgan fingerprint density at radius 3 is 1.90 bits per heavy atom. The van der Waals surface area contributed by atoms with Gasteiger partial charge in [0.15, 0.2) is 0 Å². The Kier molecular flexibility index (Phi) is 7.65. The van der Waals surface area contributed by atoms with E-state index in [0.29, 0.717) is 37.0 Å². The molecule has 4 nitrogen and oxygen atoms in total. The number of nitrogens with one attached hydrogen (secondary N) is 1. The monoisotopic (exact) mass is 318 g/mol. The molecule has 1 heterocycles. The Morgan fingerprint density at radius 1 is 1.05 bits per heavy atom. The minimum absolute atomic E-state index is 0.217. The van der Waals surface area contributed by atoms with Gasteiger partial charge in [-0.2, -0.15) is 0 Å². The van der Waals surface area contributed by atoms with E-state index in [2.05, 4.69) is 33.0 Å². The molecule has 0 aromatic rings. The maximum atomic E-state index is 11.9. The van der Waals surface area contributed by atoms with E-state index < -0.39 is 10.0 Å². The fraction of sp³-hybridized carbons (Fsp3) is 1.00. The zero-order valence-electron chi connectivity index (χ0n) is 14.4. The third-order valence-electron chi connectivity index (χ3n) is 4.20. The van der Waals surface area contributed by atoms with Gasteiger partial charge in [0.1, 0.15) is 0 Å². The second-order valence-electron chi connectivity index (χ2n) is 7.20. The normalized spacial score (nSPS) is 19.0. The molecule has 1 saturated heterocycles. The standard InChI is InChI=1S/C16H34N2O2S/c1-6-21(19,20)18-9-7-15(8-10-18)17-16(11-13(2)3)12-14(4)5/h13-17H,6-12H2,1-5H3. The summed E-state index contributed by atoms with van der Waals surface area (Å²) in [4.78, 5) is 0. The molecule has 0 atom stereocenters. The van der Waals surface area contributed by atoms with E-state index in [0.717, 1.165) is 12.8 Å². The fourth-order valence-electron chi connectivity index (χ4n) is 3.19. The lowest BCUT2D eigenvalue weighted by Crippen LogP contribution is -2.48. The molecule has 5 heteroatoms. The number of hydrogen-bond acceptors (Lipinski definition) is 3. The predicted octanol–water partition coefficient (Wildman–Crippen LogP) is 2.85. The lowest BCUT2D eigenvalue weighted by molar-refractivity contribution is 0.249. The van der Waals surface area contributed by atoms with Crippen LogP contribution in [-0.4, -0.2) is 43.6 Å². The molecule has 0 amide bonds. The largest absolute Gasteiger partial charge is 0.311 e. The van der Waals surface area contributed by atoms with Gasteiger partial charge in [0, 0.05) is 25.2 Å². The average Bonchev–Trinajstić information content (AvgIpc) is 2.37. The summed E-state index contributed by atoms with van der Waals surface area (Å²) in [5.74, 6) is 1.61. The third-order valence-corrected chi connectivity index (χ3v) is 6.08. The van der Waals surface area contributed by atoms with Gasteiger partial charge >= 0.3 is 0 Å². The predicted molar refractivity (Wildman–Crippen MR) is 89.9 cm³/mol. The van der Waals surface area contributed by atoms with Crippen LogP contribution in [0.1, 0.15) is 60.3 Å². The molecule has 1 aliphatic heterocycles. The lowest BCUT2D eigenvalue weighted by atomic mass is 9.94. The van der Waals surface area contributed by atoms with Gasteiger partial charge in [-0.15, -0.1) is 0 Å². The molecule has 0 bridgehead atoms. The molecule has 1 N–H and O–H groups in total. The molecule has 0 aliphatic carbocycles. The van der Waals surface area contributed by atoms with Gasteiger partial charge < -0.3 is 5.32 Å². The van der Waals surface area contributed by atoms with Crippen LogP contribution in [0.5, 0.6) is 0 Å². The second-order valence-corrected chi connectivity index (χ2v) is 9.45.